The molecule has 0 saturated carbocycles. The van der Waals surface area contributed by atoms with Crippen LogP contribution in [0, 0.1) is 25.2 Å². The van der Waals surface area contributed by atoms with Crippen LogP contribution in [0.2, 0.25) is 0 Å². The van der Waals surface area contributed by atoms with Crippen LogP contribution in [0.5, 0.6) is 11.5 Å². The van der Waals surface area contributed by atoms with Gasteiger partial charge in [0.25, 0.3) is 5.91 Å². The SMILES string of the molecule is Cc1nc(-c2ccc(C(C)(C)C)cc2)nc(C)c1C(=O)NC(CCN)C(=O)N(C)C1C(=O)NC(C)C(=O)NC(C(=O)NCC#N)Cc2ccc(OCCN)c(c2)-c2cc1cc(NC(N)=O)c2O. The second-order valence-electron chi connectivity index (χ2n) is 17.2. The minimum atomic E-state index is -1.64. The number of nitrogens with zero attached hydrogens (tertiary/aromatic N) is 4. The molecule has 20 nitrogen and oxygen atoms in total. The highest BCUT2D eigenvalue weighted by Crippen LogP contribution is 2.43. The van der Waals surface area contributed by atoms with Crippen LogP contribution >= 0.6 is 0 Å². The van der Waals surface area contributed by atoms with Crippen LogP contribution in [0.4, 0.5) is 10.5 Å². The zero-order chi connectivity index (χ0) is 49.3. The van der Waals surface area contributed by atoms with Crippen molar-refractivity contribution in [3.05, 3.63) is 88.2 Å². The molecule has 0 saturated heterocycles. The molecule has 4 aromatic rings. The number of aryl methyl sites for hydroxylation is 2. The maximum absolute atomic E-state index is 14.7. The summed E-state index contributed by atoms with van der Waals surface area (Å²) in [6.07, 6.45) is -0.200. The number of phenols is 1. The second kappa shape index (κ2) is 21.6. The minimum absolute atomic E-state index is 0.000232. The van der Waals surface area contributed by atoms with Crippen LogP contribution < -0.4 is 48.5 Å². The van der Waals surface area contributed by atoms with Gasteiger partial charge in [0.15, 0.2) is 5.82 Å². The van der Waals surface area contributed by atoms with E-state index in [1.165, 1.54) is 26.1 Å². The third-order valence-corrected chi connectivity index (χ3v) is 11.1. The lowest BCUT2D eigenvalue weighted by molar-refractivity contribution is -0.141. The van der Waals surface area contributed by atoms with E-state index in [2.05, 4.69) is 57.3 Å². The van der Waals surface area contributed by atoms with E-state index in [-0.39, 0.29) is 78.2 Å². The van der Waals surface area contributed by atoms with Gasteiger partial charge >= 0.3 is 6.03 Å². The first-order valence-electron chi connectivity index (χ1n) is 21.6. The highest BCUT2D eigenvalue weighted by Gasteiger charge is 2.37. The first-order valence-corrected chi connectivity index (χ1v) is 21.6. The zero-order valence-electron chi connectivity index (χ0n) is 38.6. The van der Waals surface area contributed by atoms with Crippen LogP contribution in [0.25, 0.3) is 22.5 Å². The fourth-order valence-corrected chi connectivity index (χ4v) is 7.68. The number of primary amides is 1. The lowest BCUT2D eigenvalue weighted by Crippen LogP contribution is -2.56. The van der Waals surface area contributed by atoms with E-state index in [0.29, 0.717) is 22.8 Å². The van der Waals surface area contributed by atoms with Gasteiger partial charge in [-0.1, -0.05) is 51.1 Å². The minimum Gasteiger partial charge on any atom is -0.505 e. The smallest absolute Gasteiger partial charge is 0.316 e. The molecule has 20 heteroatoms. The number of nitrogens with two attached hydrogens (primary N) is 3. The molecule has 4 atom stereocenters. The number of ether oxygens (including phenoxy) is 1. The first kappa shape index (κ1) is 50.4. The standard InChI is InChI=1S/C47H58N12O8/c1-24-37(25(2)54-40(53-24)28-9-11-30(12-10-28)47(4,5)6)43(63)56-33(14-15-48)45(65)59(7)38-29-22-32(39(60)34(23-29)58-46(51)66)31-20-27(8-13-36(31)67-19-17-50)21-35(42(62)52-18-16-49)57-41(61)26(3)55-44(38)64/h8-13,20,22-23,26,33,35,38,60H,14-15,17-19,21,48,50H2,1-7H3,(H,52,62)(H,55,64)(H,56,63)(H,57,61)(H3,51,58,66). The van der Waals surface area contributed by atoms with Crippen molar-refractivity contribution >= 4 is 41.3 Å². The summed E-state index contributed by atoms with van der Waals surface area (Å²) >= 11 is 0. The Hall–Kier alpha value is -7.63. The van der Waals surface area contributed by atoms with Gasteiger partial charge in [-0.15, -0.1) is 0 Å². The molecule has 1 aromatic heterocycles. The van der Waals surface area contributed by atoms with Crippen LogP contribution in [-0.2, 0) is 31.0 Å². The summed E-state index contributed by atoms with van der Waals surface area (Å²) in [7, 11) is 1.30. The second-order valence-corrected chi connectivity index (χ2v) is 17.2. The predicted molar refractivity (Wildman–Crippen MR) is 249 cm³/mol. The number of anilines is 1. The van der Waals surface area contributed by atoms with Crippen molar-refractivity contribution in [1.82, 2.24) is 36.1 Å². The van der Waals surface area contributed by atoms with Crippen molar-refractivity contribution in [2.45, 2.75) is 84.0 Å². The molecule has 7 amide bonds. The molecule has 0 radical (unpaired) electrons. The number of likely N-dealkylation sites (N-methyl/N-ethyl adjacent to an activating group) is 1. The third-order valence-electron chi connectivity index (χ3n) is 11.1. The molecule has 2 heterocycles. The molecule has 1 aliphatic heterocycles. The number of rotatable bonds is 13. The number of benzene rings is 3. The topological polar surface area (TPSA) is 323 Å². The summed E-state index contributed by atoms with van der Waals surface area (Å²) < 4.78 is 5.96. The summed E-state index contributed by atoms with van der Waals surface area (Å²) in [5, 5.41) is 33.7. The lowest BCUT2D eigenvalue weighted by Gasteiger charge is -2.33. The number of urea groups is 1. The number of fused-ring (bicyclic) bond motifs is 5. The van der Waals surface area contributed by atoms with Gasteiger partial charge in [-0.3, -0.25) is 24.0 Å². The number of aromatic nitrogens is 2. The lowest BCUT2D eigenvalue weighted by atomic mass is 9.86. The van der Waals surface area contributed by atoms with Gasteiger partial charge in [0.1, 0.15) is 48.8 Å². The average molecular weight is 919 g/mol. The largest absolute Gasteiger partial charge is 0.505 e. The monoisotopic (exact) mass is 918 g/mol. The number of hydrogen-bond acceptors (Lipinski definition) is 13. The molecular weight excluding hydrogens is 861 g/mol. The van der Waals surface area contributed by atoms with Gasteiger partial charge in [0.2, 0.25) is 23.6 Å². The molecule has 4 unspecified atom stereocenters. The molecule has 5 rings (SSSR count). The van der Waals surface area contributed by atoms with Gasteiger partial charge in [-0.05, 0) is 80.1 Å². The van der Waals surface area contributed by atoms with Gasteiger partial charge in [-0.2, -0.15) is 5.26 Å². The van der Waals surface area contributed by atoms with Gasteiger partial charge < -0.3 is 58.5 Å². The van der Waals surface area contributed by atoms with Crippen molar-refractivity contribution in [2.24, 2.45) is 17.2 Å². The fraction of sp³-hybridized carbons (Fsp3) is 0.383. The summed E-state index contributed by atoms with van der Waals surface area (Å²) in [6.45, 7) is 10.7. The highest BCUT2D eigenvalue weighted by molar-refractivity contribution is 6.01. The Kier molecular flexibility index (Phi) is 16.2. The number of nitriles is 1. The van der Waals surface area contributed by atoms with E-state index in [9.17, 15) is 33.9 Å². The number of carbonyl (C=O) groups excluding carboxylic acids is 6. The Bertz CT molecular complexity index is 2570. The van der Waals surface area contributed by atoms with E-state index in [4.69, 9.17) is 27.2 Å². The Morgan fingerprint density at radius 1 is 0.970 bits per heavy atom. The highest BCUT2D eigenvalue weighted by atomic mass is 16.5. The summed E-state index contributed by atoms with van der Waals surface area (Å²) in [5.74, 6) is -3.76. The van der Waals surface area contributed by atoms with Crippen LogP contribution in [-0.4, -0.2) is 107 Å². The summed E-state index contributed by atoms with van der Waals surface area (Å²) in [4.78, 5) is 93.2. The van der Waals surface area contributed by atoms with E-state index in [1.54, 1.807) is 32.0 Å². The maximum atomic E-state index is 14.7. The van der Waals surface area contributed by atoms with Crippen LogP contribution in [0.15, 0.2) is 54.6 Å². The molecule has 3 aromatic carbocycles. The molecule has 67 heavy (non-hydrogen) atoms. The van der Waals surface area contributed by atoms with Crippen LogP contribution in [0.1, 0.15) is 78.6 Å². The normalized spacial score (nSPS) is 16.5. The predicted octanol–water partition coefficient (Wildman–Crippen LogP) is 2.09. The van der Waals surface area contributed by atoms with E-state index in [0.717, 1.165) is 16.0 Å². The molecule has 354 valence electrons. The molecule has 0 spiro atoms. The molecule has 12 N–H and O–H groups in total. The Labute approximate surface area is 388 Å². The Morgan fingerprint density at radius 2 is 1.64 bits per heavy atom. The van der Waals surface area contributed by atoms with Crippen molar-refractivity contribution < 1.29 is 38.6 Å². The number of carbonyl (C=O) groups is 6. The van der Waals surface area contributed by atoms with Gasteiger partial charge in [-0.25, -0.2) is 14.8 Å². The van der Waals surface area contributed by atoms with Crippen molar-refractivity contribution in [3.8, 4) is 40.1 Å². The Morgan fingerprint density at radius 3 is 2.24 bits per heavy atom. The number of nitrogens with one attached hydrogen (secondary N) is 5. The van der Waals surface area contributed by atoms with Crippen molar-refractivity contribution in [3.63, 3.8) is 0 Å². The van der Waals surface area contributed by atoms with Gasteiger partial charge in [0.05, 0.1) is 28.7 Å². The third kappa shape index (κ3) is 12.0. The Balaban J connectivity index is 1.61. The van der Waals surface area contributed by atoms with Crippen LogP contribution in [0.3, 0.4) is 0 Å². The molecule has 1 aliphatic rings. The molecular formula is C47H58N12O8. The fourth-order valence-electron chi connectivity index (χ4n) is 7.68. The quantitative estimate of drug-likeness (QED) is 0.0686. The zero-order valence-corrected chi connectivity index (χ0v) is 38.6. The number of amides is 7. The van der Waals surface area contributed by atoms with Crippen molar-refractivity contribution in [2.75, 3.05) is 38.6 Å². The maximum Gasteiger partial charge on any atom is 0.316 e. The van der Waals surface area contributed by atoms with Gasteiger partial charge in [0, 0.05) is 36.7 Å². The van der Waals surface area contributed by atoms with Crippen molar-refractivity contribution in [1.29, 1.82) is 5.26 Å². The molecule has 0 aliphatic carbocycles. The number of phenolic OH excluding ortho intramolecular Hbond substituents is 1. The van der Waals surface area contributed by atoms with E-state index < -0.39 is 65.5 Å². The number of aromatic hydroxyl groups is 1. The summed E-state index contributed by atoms with van der Waals surface area (Å²) in [6, 6.07) is 10.4. The molecule has 4 bridgehead atoms. The van der Waals surface area contributed by atoms with E-state index in [1.807, 2.05) is 30.3 Å². The number of hydrogen-bond donors (Lipinski definition) is 9. The van der Waals surface area contributed by atoms with E-state index >= 15 is 0 Å². The first-order chi connectivity index (χ1) is 31.7. The summed E-state index contributed by atoms with van der Waals surface area (Å²) in [5.41, 5.74) is 20.4. The molecule has 0 fully saturated rings. The average Bonchev–Trinajstić information content (AvgIpc) is 3.27.